The summed E-state index contributed by atoms with van der Waals surface area (Å²) in [5.74, 6) is -0.285. The fourth-order valence-corrected chi connectivity index (χ4v) is 3.45. The molecule has 0 saturated carbocycles. The van der Waals surface area contributed by atoms with Gasteiger partial charge in [0.05, 0.1) is 16.8 Å². The van der Waals surface area contributed by atoms with Crippen LogP contribution in [0.25, 0.3) is 0 Å². The Kier molecular flexibility index (Phi) is 5.55. The van der Waals surface area contributed by atoms with Gasteiger partial charge in [-0.15, -0.1) is 0 Å². The van der Waals surface area contributed by atoms with Crippen molar-refractivity contribution in [2.45, 2.75) is 37.3 Å². The number of aliphatic hydroxyl groups excluding tert-OH is 1. The molecule has 1 rings (SSSR count). The SMILES string of the molecule is CC(C)(C)NCC(O)CS(=O)(=O)c1cccc(Br)c1. The molecular weight excluding hydrogens is 330 g/mol. The lowest BCUT2D eigenvalue weighted by Crippen LogP contribution is -2.42. The zero-order chi connectivity index (χ0) is 14.7. The largest absolute Gasteiger partial charge is 0.391 e. The normalized spacial score (nSPS) is 14.4. The summed E-state index contributed by atoms with van der Waals surface area (Å²) in [5.41, 5.74) is -0.152. The Morgan fingerprint density at radius 1 is 1.37 bits per heavy atom. The first-order valence-electron chi connectivity index (χ1n) is 6.01. The maximum absolute atomic E-state index is 12.1. The number of nitrogens with one attached hydrogen (secondary N) is 1. The van der Waals surface area contributed by atoms with Gasteiger partial charge >= 0.3 is 0 Å². The van der Waals surface area contributed by atoms with E-state index >= 15 is 0 Å². The van der Waals surface area contributed by atoms with Crippen LogP contribution in [0.3, 0.4) is 0 Å². The fourth-order valence-electron chi connectivity index (χ4n) is 1.49. The highest BCUT2D eigenvalue weighted by Gasteiger charge is 2.21. The number of benzene rings is 1. The molecule has 0 fully saturated rings. The molecule has 0 bridgehead atoms. The van der Waals surface area contributed by atoms with Crippen molar-refractivity contribution in [2.24, 2.45) is 0 Å². The third-order valence-corrected chi connectivity index (χ3v) is 4.72. The second-order valence-corrected chi connectivity index (χ2v) is 8.47. The van der Waals surface area contributed by atoms with E-state index in [2.05, 4.69) is 21.2 Å². The van der Waals surface area contributed by atoms with Gasteiger partial charge in [0.25, 0.3) is 0 Å². The first-order valence-corrected chi connectivity index (χ1v) is 8.46. The topological polar surface area (TPSA) is 66.4 Å². The molecule has 0 amide bonds. The van der Waals surface area contributed by atoms with E-state index < -0.39 is 15.9 Å². The number of rotatable bonds is 5. The van der Waals surface area contributed by atoms with Crippen molar-refractivity contribution >= 4 is 25.8 Å². The van der Waals surface area contributed by atoms with E-state index in [1.165, 1.54) is 6.07 Å². The first kappa shape index (κ1) is 16.6. The Morgan fingerprint density at radius 2 is 2.00 bits per heavy atom. The van der Waals surface area contributed by atoms with Crippen LogP contribution >= 0.6 is 15.9 Å². The molecule has 0 radical (unpaired) electrons. The van der Waals surface area contributed by atoms with Crippen LogP contribution in [-0.4, -0.2) is 37.5 Å². The zero-order valence-electron chi connectivity index (χ0n) is 11.4. The lowest BCUT2D eigenvalue weighted by molar-refractivity contribution is 0.181. The van der Waals surface area contributed by atoms with Crippen LogP contribution in [0.1, 0.15) is 20.8 Å². The van der Waals surface area contributed by atoms with Crippen LogP contribution < -0.4 is 5.32 Å². The van der Waals surface area contributed by atoms with Gasteiger partial charge < -0.3 is 10.4 Å². The van der Waals surface area contributed by atoms with E-state index in [9.17, 15) is 13.5 Å². The average molecular weight is 350 g/mol. The molecule has 4 nitrogen and oxygen atoms in total. The highest BCUT2D eigenvalue weighted by Crippen LogP contribution is 2.17. The predicted octanol–water partition coefficient (Wildman–Crippen LogP) is 1.97. The quantitative estimate of drug-likeness (QED) is 0.852. The standard InChI is InChI=1S/C13H20BrNO3S/c1-13(2,3)15-8-11(16)9-19(17,18)12-6-4-5-10(14)7-12/h4-7,11,15-16H,8-9H2,1-3H3. The van der Waals surface area contributed by atoms with Gasteiger partial charge in [0.2, 0.25) is 0 Å². The van der Waals surface area contributed by atoms with E-state index in [0.717, 1.165) is 0 Å². The summed E-state index contributed by atoms with van der Waals surface area (Å²) in [6.45, 7) is 6.13. The molecular formula is C13H20BrNO3S. The number of halogens is 1. The van der Waals surface area contributed by atoms with Crippen molar-refractivity contribution in [1.29, 1.82) is 0 Å². The number of β-amino-alcohol motifs (C(OH)–C–C–N with tert-alkyl or cyclic N) is 1. The number of sulfone groups is 1. The maximum Gasteiger partial charge on any atom is 0.180 e. The van der Waals surface area contributed by atoms with Crippen LogP contribution in [0.4, 0.5) is 0 Å². The monoisotopic (exact) mass is 349 g/mol. The number of hydrogen-bond acceptors (Lipinski definition) is 4. The van der Waals surface area contributed by atoms with Gasteiger partial charge in [0.15, 0.2) is 9.84 Å². The third kappa shape index (κ3) is 6.03. The van der Waals surface area contributed by atoms with Crippen molar-refractivity contribution in [3.05, 3.63) is 28.7 Å². The summed E-state index contributed by atoms with van der Waals surface area (Å²) in [7, 11) is -3.47. The third-order valence-electron chi connectivity index (χ3n) is 2.44. The highest BCUT2D eigenvalue weighted by molar-refractivity contribution is 9.10. The summed E-state index contributed by atoms with van der Waals surface area (Å²) in [4.78, 5) is 0.219. The molecule has 108 valence electrons. The average Bonchev–Trinajstić information content (AvgIpc) is 2.25. The van der Waals surface area contributed by atoms with E-state index in [0.29, 0.717) is 4.47 Å². The summed E-state index contributed by atoms with van der Waals surface area (Å²) < 4.78 is 24.9. The number of aliphatic hydroxyl groups is 1. The van der Waals surface area contributed by atoms with Crippen LogP contribution in [0, 0.1) is 0 Å². The summed E-state index contributed by atoms with van der Waals surface area (Å²) in [6.07, 6.45) is -0.928. The smallest absolute Gasteiger partial charge is 0.180 e. The van der Waals surface area contributed by atoms with Gasteiger partial charge in [-0.2, -0.15) is 0 Å². The lowest BCUT2D eigenvalue weighted by Gasteiger charge is -2.22. The minimum absolute atomic E-state index is 0.152. The van der Waals surface area contributed by atoms with Crippen molar-refractivity contribution in [3.63, 3.8) is 0 Å². The maximum atomic E-state index is 12.1. The Balaban J connectivity index is 2.70. The minimum atomic E-state index is -3.47. The Bertz CT molecular complexity index is 523. The van der Waals surface area contributed by atoms with Crippen molar-refractivity contribution in [1.82, 2.24) is 5.32 Å². The first-order chi connectivity index (χ1) is 8.60. The van der Waals surface area contributed by atoms with E-state index in [1.54, 1.807) is 18.2 Å². The zero-order valence-corrected chi connectivity index (χ0v) is 13.8. The molecule has 0 heterocycles. The minimum Gasteiger partial charge on any atom is -0.391 e. The van der Waals surface area contributed by atoms with Crippen molar-refractivity contribution in [2.75, 3.05) is 12.3 Å². The van der Waals surface area contributed by atoms with Crippen LogP contribution in [0.5, 0.6) is 0 Å². The molecule has 0 aromatic heterocycles. The molecule has 0 aliphatic heterocycles. The Labute approximate surface area is 123 Å². The van der Waals surface area contributed by atoms with Gasteiger partial charge in [-0.05, 0) is 39.0 Å². The van der Waals surface area contributed by atoms with Gasteiger partial charge in [0.1, 0.15) is 0 Å². The molecule has 0 saturated heterocycles. The molecule has 0 aliphatic carbocycles. The predicted molar refractivity (Wildman–Crippen MR) is 80.0 cm³/mol. The van der Waals surface area contributed by atoms with Gasteiger partial charge in [-0.1, -0.05) is 22.0 Å². The second kappa shape index (κ2) is 6.35. The number of hydrogen-bond donors (Lipinski definition) is 2. The second-order valence-electron chi connectivity index (χ2n) is 5.52. The molecule has 2 N–H and O–H groups in total. The van der Waals surface area contributed by atoms with Crippen LogP contribution in [-0.2, 0) is 9.84 Å². The molecule has 0 spiro atoms. The lowest BCUT2D eigenvalue weighted by atomic mass is 10.1. The summed E-state index contributed by atoms with van der Waals surface area (Å²) in [5, 5.41) is 12.9. The van der Waals surface area contributed by atoms with Crippen LogP contribution in [0.2, 0.25) is 0 Å². The van der Waals surface area contributed by atoms with Gasteiger partial charge in [0, 0.05) is 16.6 Å². The molecule has 1 atom stereocenters. The van der Waals surface area contributed by atoms with Gasteiger partial charge in [-0.3, -0.25) is 0 Å². The van der Waals surface area contributed by atoms with Crippen molar-refractivity contribution < 1.29 is 13.5 Å². The summed E-state index contributed by atoms with van der Waals surface area (Å²) >= 11 is 3.24. The van der Waals surface area contributed by atoms with Gasteiger partial charge in [-0.25, -0.2) is 8.42 Å². The van der Waals surface area contributed by atoms with E-state index in [-0.39, 0.29) is 22.7 Å². The molecule has 19 heavy (non-hydrogen) atoms. The molecule has 1 unspecified atom stereocenters. The Hall–Kier alpha value is -0.430. The van der Waals surface area contributed by atoms with Crippen LogP contribution in [0.15, 0.2) is 33.6 Å². The molecule has 0 aliphatic rings. The molecule has 1 aromatic rings. The Morgan fingerprint density at radius 3 is 2.53 bits per heavy atom. The van der Waals surface area contributed by atoms with E-state index in [4.69, 9.17) is 0 Å². The molecule has 6 heteroatoms. The van der Waals surface area contributed by atoms with Crippen molar-refractivity contribution in [3.8, 4) is 0 Å². The summed E-state index contributed by atoms with van der Waals surface area (Å²) in [6, 6.07) is 6.50. The molecule has 1 aromatic carbocycles. The fraction of sp³-hybridized carbons (Fsp3) is 0.538. The van der Waals surface area contributed by atoms with E-state index in [1.807, 2.05) is 20.8 Å². The highest BCUT2D eigenvalue weighted by atomic mass is 79.9.